The fourth-order valence-corrected chi connectivity index (χ4v) is 3.08. The molecule has 0 spiro atoms. The highest BCUT2D eigenvalue weighted by atomic mass is 16.5. The Kier molecular flexibility index (Phi) is 5.42. The molecule has 2 heterocycles. The fourth-order valence-electron chi connectivity index (χ4n) is 3.08. The number of nitrogens with zero attached hydrogens (tertiary/aromatic N) is 1. The molecule has 4 nitrogen and oxygen atoms in total. The molecule has 2 fully saturated rings. The van der Waals surface area contributed by atoms with Crippen LogP contribution in [0.3, 0.4) is 0 Å². The Balaban J connectivity index is 1.72. The standard InChI is InChI=1S/C14H28N2O2/c1-16-8-3-2-5-13(16)6-10-18-14(11-15)7-4-9-17-12-14/h13H,2-12,15H2,1H3. The van der Waals surface area contributed by atoms with Gasteiger partial charge in [0, 0.05) is 25.8 Å². The van der Waals surface area contributed by atoms with Crippen LogP contribution in [0, 0.1) is 0 Å². The maximum atomic E-state index is 6.09. The molecule has 0 radical (unpaired) electrons. The molecule has 2 aliphatic rings. The largest absolute Gasteiger partial charge is 0.378 e. The minimum Gasteiger partial charge on any atom is -0.378 e. The zero-order valence-corrected chi connectivity index (χ0v) is 11.7. The van der Waals surface area contributed by atoms with Crippen molar-refractivity contribution in [3.63, 3.8) is 0 Å². The lowest BCUT2D eigenvalue weighted by Gasteiger charge is -2.37. The second kappa shape index (κ2) is 6.85. The van der Waals surface area contributed by atoms with Gasteiger partial charge >= 0.3 is 0 Å². The maximum Gasteiger partial charge on any atom is 0.104 e. The third-order valence-corrected chi connectivity index (χ3v) is 4.44. The Hall–Kier alpha value is -0.160. The second-order valence-electron chi connectivity index (χ2n) is 5.81. The van der Waals surface area contributed by atoms with Crippen LogP contribution < -0.4 is 5.73 Å². The third kappa shape index (κ3) is 3.67. The van der Waals surface area contributed by atoms with E-state index in [1.165, 1.54) is 25.8 Å². The van der Waals surface area contributed by atoms with Gasteiger partial charge in [-0.15, -0.1) is 0 Å². The van der Waals surface area contributed by atoms with E-state index >= 15 is 0 Å². The summed E-state index contributed by atoms with van der Waals surface area (Å²) in [5.41, 5.74) is 5.67. The van der Waals surface area contributed by atoms with E-state index in [1.807, 2.05) is 0 Å². The highest BCUT2D eigenvalue weighted by Gasteiger charge is 2.32. The van der Waals surface area contributed by atoms with Crippen LogP contribution in [-0.4, -0.2) is 56.5 Å². The molecule has 0 bridgehead atoms. The number of piperidine rings is 1. The Labute approximate surface area is 111 Å². The molecule has 2 rings (SSSR count). The van der Waals surface area contributed by atoms with Crippen LogP contribution in [0.1, 0.15) is 38.5 Å². The Morgan fingerprint density at radius 2 is 2.28 bits per heavy atom. The summed E-state index contributed by atoms with van der Waals surface area (Å²) in [7, 11) is 2.23. The Morgan fingerprint density at radius 1 is 1.39 bits per heavy atom. The SMILES string of the molecule is CN1CCCCC1CCOC1(CN)CCCOC1. The molecule has 18 heavy (non-hydrogen) atoms. The number of hydrogen-bond acceptors (Lipinski definition) is 4. The van der Waals surface area contributed by atoms with Crippen molar-refractivity contribution >= 4 is 0 Å². The van der Waals surface area contributed by atoms with E-state index in [9.17, 15) is 0 Å². The summed E-state index contributed by atoms with van der Waals surface area (Å²) in [5, 5.41) is 0. The van der Waals surface area contributed by atoms with E-state index in [0.717, 1.165) is 32.5 Å². The lowest BCUT2D eigenvalue weighted by molar-refractivity contribution is -0.126. The molecule has 2 N–H and O–H groups in total. The molecule has 0 aromatic heterocycles. The van der Waals surface area contributed by atoms with Gasteiger partial charge < -0.3 is 20.1 Å². The molecule has 0 saturated carbocycles. The lowest BCUT2D eigenvalue weighted by Crippen LogP contribution is -2.48. The van der Waals surface area contributed by atoms with Gasteiger partial charge in [0.05, 0.1) is 6.61 Å². The molecule has 2 atom stereocenters. The van der Waals surface area contributed by atoms with E-state index in [2.05, 4.69) is 11.9 Å². The van der Waals surface area contributed by atoms with Crippen molar-refractivity contribution < 1.29 is 9.47 Å². The van der Waals surface area contributed by atoms with Gasteiger partial charge in [-0.25, -0.2) is 0 Å². The van der Waals surface area contributed by atoms with Gasteiger partial charge in [0.15, 0.2) is 0 Å². The Morgan fingerprint density at radius 3 is 2.94 bits per heavy atom. The van der Waals surface area contributed by atoms with Gasteiger partial charge in [-0.05, 0) is 45.7 Å². The van der Waals surface area contributed by atoms with Gasteiger partial charge in [-0.2, -0.15) is 0 Å². The molecular weight excluding hydrogens is 228 g/mol. The van der Waals surface area contributed by atoms with Gasteiger partial charge in [-0.1, -0.05) is 6.42 Å². The summed E-state index contributed by atoms with van der Waals surface area (Å²) in [6, 6.07) is 0.693. The van der Waals surface area contributed by atoms with E-state index in [0.29, 0.717) is 19.2 Å². The molecular formula is C14H28N2O2. The molecule has 2 saturated heterocycles. The predicted molar refractivity (Wildman–Crippen MR) is 72.7 cm³/mol. The van der Waals surface area contributed by atoms with E-state index in [1.54, 1.807) is 0 Å². The first-order valence-corrected chi connectivity index (χ1v) is 7.38. The summed E-state index contributed by atoms with van der Waals surface area (Å²) in [6.07, 6.45) is 7.25. The monoisotopic (exact) mass is 256 g/mol. The second-order valence-corrected chi connectivity index (χ2v) is 5.81. The summed E-state index contributed by atoms with van der Waals surface area (Å²) in [4.78, 5) is 2.47. The summed E-state index contributed by atoms with van der Waals surface area (Å²) < 4.78 is 11.6. The molecule has 4 heteroatoms. The van der Waals surface area contributed by atoms with Crippen molar-refractivity contribution in [2.75, 3.05) is 40.0 Å². The molecule has 2 aliphatic heterocycles. The van der Waals surface area contributed by atoms with Gasteiger partial charge in [-0.3, -0.25) is 0 Å². The number of likely N-dealkylation sites (tertiary alicyclic amines) is 1. The predicted octanol–water partition coefficient (Wildman–Crippen LogP) is 1.39. The van der Waals surface area contributed by atoms with Crippen molar-refractivity contribution in [2.45, 2.75) is 50.2 Å². The van der Waals surface area contributed by atoms with Crippen molar-refractivity contribution in [3.8, 4) is 0 Å². The first kappa shape index (κ1) is 14.3. The zero-order valence-electron chi connectivity index (χ0n) is 11.7. The maximum absolute atomic E-state index is 6.09. The number of ether oxygens (including phenoxy) is 2. The minimum atomic E-state index is -0.203. The normalized spacial score (nSPS) is 34.7. The third-order valence-electron chi connectivity index (χ3n) is 4.44. The zero-order chi connectivity index (χ0) is 12.8. The summed E-state index contributed by atoms with van der Waals surface area (Å²) in [6.45, 7) is 4.15. The quantitative estimate of drug-likeness (QED) is 0.807. The molecule has 0 amide bonds. The van der Waals surface area contributed by atoms with E-state index in [-0.39, 0.29) is 5.60 Å². The van der Waals surface area contributed by atoms with Crippen LogP contribution in [0.4, 0.5) is 0 Å². The number of hydrogen-bond donors (Lipinski definition) is 1. The van der Waals surface area contributed by atoms with Gasteiger partial charge in [0.1, 0.15) is 5.60 Å². The topological polar surface area (TPSA) is 47.7 Å². The first-order chi connectivity index (χ1) is 8.76. The van der Waals surface area contributed by atoms with E-state index in [4.69, 9.17) is 15.2 Å². The highest BCUT2D eigenvalue weighted by Crippen LogP contribution is 2.24. The highest BCUT2D eigenvalue weighted by molar-refractivity contribution is 4.85. The van der Waals surface area contributed by atoms with Crippen molar-refractivity contribution in [2.24, 2.45) is 5.73 Å². The molecule has 0 aromatic carbocycles. The van der Waals surface area contributed by atoms with Crippen LogP contribution >= 0.6 is 0 Å². The van der Waals surface area contributed by atoms with Crippen LogP contribution in [0.5, 0.6) is 0 Å². The smallest absolute Gasteiger partial charge is 0.104 e. The lowest BCUT2D eigenvalue weighted by atomic mass is 9.96. The molecule has 0 aromatic rings. The van der Waals surface area contributed by atoms with Gasteiger partial charge in [0.2, 0.25) is 0 Å². The van der Waals surface area contributed by atoms with Gasteiger partial charge in [0.25, 0.3) is 0 Å². The van der Waals surface area contributed by atoms with Crippen LogP contribution in [0.25, 0.3) is 0 Å². The van der Waals surface area contributed by atoms with Crippen LogP contribution in [0.15, 0.2) is 0 Å². The average Bonchev–Trinajstić information content (AvgIpc) is 2.42. The average molecular weight is 256 g/mol. The number of nitrogens with two attached hydrogens (primary N) is 1. The summed E-state index contributed by atoms with van der Waals surface area (Å²) in [5.74, 6) is 0. The van der Waals surface area contributed by atoms with Crippen LogP contribution in [-0.2, 0) is 9.47 Å². The van der Waals surface area contributed by atoms with Crippen molar-refractivity contribution in [3.05, 3.63) is 0 Å². The fraction of sp³-hybridized carbons (Fsp3) is 1.00. The minimum absolute atomic E-state index is 0.203. The van der Waals surface area contributed by atoms with Crippen molar-refractivity contribution in [1.29, 1.82) is 0 Å². The molecule has 2 unspecified atom stereocenters. The van der Waals surface area contributed by atoms with E-state index < -0.39 is 0 Å². The van der Waals surface area contributed by atoms with Crippen LogP contribution in [0.2, 0.25) is 0 Å². The van der Waals surface area contributed by atoms with Crippen molar-refractivity contribution in [1.82, 2.24) is 4.90 Å². The molecule has 0 aliphatic carbocycles. The first-order valence-electron chi connectivity index (χ1n) is 7.38. The number of rotatable bonds is 5. The molecule has 106 valence electrons. The Bertz CT molecular complexity index is 242. The summed E-state index contributed by atoms with van der Waals surface area (Å²) >= 11 is 0.